The van der Waals surface area contributed by atoms with E-state index in [1.807, 2.05) is 18.2 Å². The largest absolute Gasteiger partial charge is 0.368 e. The lowest BCUT2D eigenvalue weighted by molar-refractivity contribution is 1.24. The summed E-state index contributed by atoms with van der Waals surface area (Å²) in [5.41, 5.74) is 10.7. The number of nitrogen functional groups attached to an aromatic ring is 1. The lowest BCUT2D eigenvalue weighted by atomic mass is 10.1. The number of anilines is 1. The summed E-state index contributed by atoms with van der Waals surface area (Å²) in [7, 11) is -1.33. The predicted octanol–water partition coefficient (Wildman–Crippen LogP) is 2.44. The minimum Gasteiger partial charge on any atom is -0.368 e. The van der Waals surface area contributed by atoms with Gasteiger partial charge in [0.05, 0.1) is 5.52 Å². The SMILES string of the molecule is C[Si](C)(C)C#Cc1ccc2nc(N)ncc2c1. The highest BCUT2D eigenvalue weighted by molar-refractivity contribution is 6.83. The van der Waals surface area contributed by atoms with Gasteiger partial charge in [0.1, 0.15) is 8.07 Å². The molecular formula is C13H15N3Si. The van der Waals surface area contributed by atoms with Crippen molar-refractivity contribution in [2.45, 2.75) is 19.6 Å². The Bertz CT molecular complexity index is 618. The van der Waals surface area contributed by atoms with Gasteiger partial charge in [0.15, 0.2) is 0 Å². The predicted molar refractivity (Wildman–Crippen MR) is 74.2 cm³/mol. The molecule has 0 bridgehead atoms. The van der Waals surface area contributed by atoms with Crippen LogP contribution in [0.5, 0.6) is 0 Å². The molecule has 0 saturated heterocycles. The molecule has 1 aromatic heterocycles. The molecule has 86 valence electrons. The molecule has 2 N–H and O–H groups in total. The van der Waals surface area contributed by atoms with E-state index in [1.54, 1.807) is 6.20 Å². The Morgan fingerprint density at radius 3 is 2.71 bits per heavy atom. The Hall–Kier alpha value is -1.86. The molecule has 0 spiro atoms. The quantitative estimate of drug-likeness (QED) is 0.569. The number of nitrogens with zero attached hydrogens (tertiary/aromatic N) is 2. The Morgan fingerprint density at radius 2 is 2.00 bits per heavy atom. The smallest absolute Gasteiger partial charge is 0.220 e. The van der Waals surface area contributed by atoms with Crippen molar-refractivity contribution < 1.29 is 0 Å². The third kappa shape index (κ3) is 3.05. The molecule has 1 aromatic carbocycles. The van der Waals surface area contributed by atoms with Crippen molar-refractivity contribution in [3.63, 3.8) is 0 Å². The average Bonchev–Trinajstić information content (AvgIpc) is 2.25. The Morgan fingerprint density at radius 1 is 1.24 bits per heavy atom. The van der Waals surface area contributed by atoms with Crippen LogP contribution in [-0.2, 0) is 0 Å². The topological polar surface area (TPSA) is 51.8 Å². The fourth-order valence-electron chi connectivity index (χ4n) is 1.39. The van der Waals surface area contributed by atoms with Crippen molar-refractivity contribution in [2.75, 3.05) is 5.73 Å². The van der Waals surface area contributed by atoms with Crippen molar-refractivity contribution in [3.8, 4) is 11.5 Å². The number of aromatic nitrogens is 2. The van der Waals surface area contributed by atoms with E-state index in [0.29, 0.717) is 5.95 Å². The van der Waals surface area contributed by atoms with Crippen LogP contribution in [0.2, 0.25) is 19.6 Å². The van der Waals surface area contributed by atoms with Gasteiger partial charge in [-0.05, 0) is 18.2 Å². The summed E-state index contributed by atoms with van der Waals surface area (Å²) in [6.07, 6.45) is 1.73. The number of hydrogen-bond acceptors (Lipinski definition) is 3. The number of benzene rings is 1. The highest BCUT2D eigenvalue weighted by atomic mass is 28.3. The van der Waals surface area contributed by atoms with Gasteiger partial charge in [-0.25, -0.2) is 9.97 Å². The van der Waals surface area contributed by atoms with Gasteiger partial charge in [-0.1, -0.05) is 25.6 Å². The molecule has 0 aliphatic rings. The van der Waals surface area contributed by atoms with Gasteiger partial charge in [0.25, 0.3) is 0 Å². The standard InChI is InChI=1S/C13H15N3Si/c1-17(2,3)7-6-10-4-5-12-11(8-10)9-15-13(14)16-12/h4-5,8-9H,1-3H3,(H2,14,15,16). The zero-order chi connectivity index (χ0) is 12.5. The lowest BCUT2D eigenvalue weighted by Crippen LogP contribution is -2.16. The highest BCUT2D eigenvalue weighted by Gasteiger charge is 2.07. The molecule has 0 radical (unpaired) electrons. The second-order valence-corrected chi connectivity index (χ2v) is 9.75. The summed E-state index contributed by atoms with van der Waals surface area (Å²) in [6.45, 7) is 6.68. The van der Waals surface area contributed by atoms with E-state index in [2.05, 4.69) is 41.1 Å². The van der Waals surface area contributed by atoms with Gasteiger partial charge in [-0.3, -0.25) is 0 Å². The molecule has 0 unspecified atom stereocenters. The average molecular weight is 241 g/mol. The molecule has 0 saturated carbocycles. The summed E-state index contributed by atoms with van der Waals surface area (Å²) in [5.74, 6) is 3.52. The second-order valence-electron chi connectivity index (χ2n) is 5.00. The fraction of sp³-hybridized carbons (Fsp3) is 0.231. The maximum absolute atomic E-state index is 5.53. The maximum atomic E-state index is 5.53. The molecule has 2 aromatic rings. The molecular weight excluding hydrogens is 226 g/mol. The van der Waals surface area contributed by atoms with Crippen LogP contribution in [0.1, 0.15) is 5.56 Å². The van der Waals surface area contributed by atoms with E-state index in [0.717, 1.165) is 16.5 Å². The first-order chi connectivity index (χ1) is 7.94. The minimum absolute atomic E-state index is 0.304. The zero-order valence-electron chi connectivity index (χ0n) is 10.3. The normalized spacial score (nSPS) is 11.0. The first kappa shape index (κ1) is 11.6. The first-order valence-electron chi connectivity index (χ1n) is 5.49. The van der Waals surface area contributed by atoms with Crippen LogP contribution < -0.4 is 5.73 Å². The maximum Gasteiger partial charge on any atom is 0.220 e. The molecule has 1 heterocycles. The number of nitrogens with two attached hydrogens (primary N) is 1. The molecule has 0 aliphatic carbocycles. The molecule has 0 amide bonds. The first-order valence-corrected chi connectivity index (χ1v) is 8.99. The van der Waals surface area contributed by atoms with Crippen LogP contribution in [0, 0.1) is 11.5 Å². The molecule has 4 heteroatoms. The number of rotatable bonds is 0. The van der Waals surface area contributed by atoms with Crippen molar-refractivity contribution in [1.29, 1.82) is 0 Å². The third-order valence-corrected chi connectivity index (χ3v) is 3.06. The minimum atomic E-state index is -1.33. The Labute approximate surface area is 102 Å². The van der Waals surface area contributed by atoms with Gasteiger partial charge >= 0.3 is 0 Å². The monoisotopic (exact) mass is 241 g/mol. The van der Waals surface area contributed by atoms with E-state index in [4.69, 9.17) is 5.73 Å². The van der Waals surface area contributed by atoms with Crippen molar-refractivity contribution in [3.05, 3.63) is 30.0 Å². The van der Waals surface area contributed by atoms with Crippen molar-refractivity contribution in [1.82, 2.24) is 9.97 Å². The van der Waals surface area contributed by atoms with E-state index >= 15 is 0 Å². The molecule has 17 heavy (non-hydrogen) atoms. The van der Waals surface area contributed by atoms with E-state index in [-0.39, 0.29) is 0 Å². The van der Waals surface area contributed by atoms with Crippen LogP contribution >= 0.6 is 0 Å². The summed E-state index contributed by atoms with van der Waals surface area (Å²) in [4.78, 5) is 8.14. The van der Waals surface area contributed by atoms with Gasteiger partial charge in [-0.15, -0.1) is 5.54 Å². The highest BCUT2D eigenvalue weighted by Crippen LogP contribution is 2.13. The van der Waals surface area contributed by atoms with Crippen molar-refractivity contribution >= 4 is 24.9 Å². The molecule has 0 aliphatic heterocycles. The molecule has 0 atom stereocenters. The molecule has 2 rings (SSSR count). The zero-order valence-corrected chi connectivity index (χ0v) is 11.3. The summed E-state index contributed by atoms with van der Waals surface area (Å²) in [6, 6.07) is 5.91. The van der Waals surface area contributed by atoms with Gasteiger partial charge < -0.3 is 5.73 Å². The summed E-state index contributed by atoms with van der Waals surface area (Å²) < 4.78 is 0. The fourth-order valence-corrected chi connectivity index (χ4v) is 1.90. The summed E-state index contributed by atoms with van der Waals surface area (Å²) in [5, 5.41) is 0.974. The summed E-state index contributed by atoms with van der Waals surface area (Å²) >= 11 is 0. The van der Waals surface area contributed by atoms with E-state index in [1.165, 1.54) is 0 Å². The Kier molecular flexibility index (Phi) is 2.86. The number of fused-ring (bicyclic) bond motifs is 1. The third-order valence-electron chi connectivity index (χ3n) is 2.18. The second kappa shape index (κ2) is 4.19. The van der Waals surface area contributed by atoms with Crippen LogP contribution in [0.15, 0.2) is 24.4 Å². The molecule has 3 nitrogen and oxygen atoms in total. The Balaban J connectivity index is 2.44. The van der Waals surface area contributed by atoms with E-state index < -0.39 is 8.07 Å². The van der Waals surface area contributed by atoms with Gasteiger partial charge in [-0.2, -0.15) is 0 Å². The number of hydrogen-bond donors (Lipinski definition) is 1. The van der Waals surface area contributed by atoms with Crippen LogP contribution in [0.4, 0.5) is 5.95 Å². The van der Waals surface area contributed by atoms with E-state index in [9.17, 15) is 0 Å². The molecule has 0 fully saturated rings. The van der Waals surface area contributed by atoms with Crippen LogP contribution in [0.25, 0.3) is 10.9 Å². The van der Waals surface area contributed by atoms with Crippen LogP contribution in [0.3, 0.4) is 0 Å². The lowest BCUT2D eigenvalue weighted by Gasteiger charge is -2.03. The van der Waals surface area contributed by atoms with Gasteiger partial charge in [0, 0.05) is 17.1 Å². The van der Waals surface area contributed by atoms with Gasteiger partial charge in [0.2, 0.25) is 5.95 Å². The van der Waals surface area contributed by atoms with Crippen molar-refractivity contribution in [2.24, 2.45) is 0 Å². The van der Waals surface area contributed by atoms with Crippen LogP contribution in [-0.4, -0.2) is 18.0 Å².